The topological polar surface area (TPSA) is 52.6 Å². The number of hydrogen-bond acceptors (Lipinski definition) is 4. The highest BCUT2D eigenvalue weighted by Gasteiger charge is 1.92. The molecule has 0 N–H and O–H groups in total. The van der Waals surface area contributed by atoms with Gasteiger partial charge in [0.25, 0.3) is 5.97 Å². The maximum absolute atomic E-state index is 9.87. The Hall–Kier alpha value is -1.62. The summed E-state index contributed by atoms with van der Waals surface area (Å²) in [5.41, 5.74) is 0. The molecule has 0 atom stereocenters. The molecule has 0 fully saturated rings. The van der Waals surface area contributed by atoms with E-state index in [1.54, 1.807) is 0 Å². The van der Waals surface area contributed by atoms with Gasteiger partial charge in [-0.15, -0.1) is 0 Å². The number of benzene rings is 1. The van der Waals surface area contributed by atoms with E-state index in [1.165, 1.54) is 27.9 Å². The lowest BCUT2D eigenvalue weighted by Gasteiger charge is -1.91. The highest BCUT2D eigenvalue weighted by Crippen LogP contribution is 1.79. The van der Waals surface area contributed by atoms with Crippen LogP contribution in [-0.2, 0) is 18.9 Å². The van der Waals surface area contributed by atoms with E-state index in [9.17, 15) is 9.59 Å². The molecule has 0 amide bonds. The molecule has 4 nitrogen and oxygen atoms in total. The summed E-state index contributed by atoms with van der Waals surface area (Å²) in [5.74, 6) is -0.207. The van der Waals surface area contributed by atoms with E-state index >= 15 is 0 Å². The van der Waals surface area contributed by atoms with Crippen LogP contribution in [-0.4, -0.2) is 26.5 Å². The van der Waals surface area contributed by atoms with E-state index < -0.39 is 0 Å². The Balaban J connectivity index is 0. The molecule has 0 aromatic heterocycles. The van der Waals surface area contributed by atoms with Gasteiger partial charge in [0, 0.05) is 14.0 Å². The van der Waals surface area contributed by atoms with Gasteiger partial charge in [0.2, 0.25) is 0 Å². The van der Waals surface area contributed by atoms with Crippen molar-refractivity contribution < 1.29 is 18.9 Å². The fraction of sp³-hybridized carbons (Fsp3) is 0.333. The predicted octanol–water partition coefficient (Wildman–Crippen LogP) is 2.01. The van der Waals surface area contributed by atoms with Gasteiger partial charge >= 0.3 is 7.69 Å². The number of carbonyl (C=O) groups excluding carboxylic acids is 2. The van der Waals surface area contributed by atoms with Crippen molar-refractivity contribution in [3.63, 3.8) is 0 Å². The van der Waals surface area contributed by atoms with Crippen LogP contribution in [0.3, 0.4) is 0 Å². The number of hydrogen-bond donors (Lipinski definition) is 0. The molecule has 1 aromatic carbocycles. The standard InChI is InChI=1S/C6H6.C3H6BO3.C3H6O/c1-2-4-6-5-3-1;1-3(5)7-4-6-2;1-3(2)4/h1-6H;1-2H3;1-2H3. The zero-order valence-electron chi connectivity index (χ0n) is 10.7. The van der Waals surface area contributed by atoms with Crippen LogP contribution in [0.4, 0.5) is 0 Å². The van der Waals surface area contributed by atoms with Crippen molar-refractivity contribution in [3.05, 3.63) is 36.4 Å². The Morgan fingerprint density at radius 3 is 1.29 bits per heavy atom. The van der Waals surface area contributed by atoms with E-state index in [4.69, 9.17) is 0 Å². The van der Waals surface area contributed by atoms with E-state index in [2.05, 4.69) is 9.31 Å². The van der Waals surface area contributed by atoms with Crippen molar-refractivity contribution in [2.75, 3.05) is 7.11 Å². The number of carbonyl (C=O) groups is 2. The fourth-order valence-electron chi connectivity index (χ4n) is 0.501. The van der Waals surface area contributed by atoms with Gasteiger partial charge in [-0.25, -0.2) is 0 Å². The Morgan fingerprint density at radius 2 is 1.18 bits per heavy atom. The minimum absolute atomic E-state index is 0.167. The van der Waals surface area contributed by atoms with Crippen molar-refractivity contribution >= 4 is 19.4 Å². The average molecular weight is 237 g/mol. The highest BCUT2D eigenvalue weighted by molar-refractivity contribution is 6.21. The molecule has 1 rings (SSSR count). The maximum atomic E-state index is 9.87. The predicted molar refractivity (Wildman–Crippen MR) is 67.3 cm³/mol. The molecule has 0 spiro atoms. The van der Waals surface area contributed by atoms with Crippen molar-refractivity contribution in [1.82, 2.24) is 0 Å². The molecule has 1 radical (unpaired) electrons. The van der Waals surface area contributed by atoms with Gasteiger partial charge in [-0.05, 0) is 13.8 Å². The van der Waals surface area contributed by atoms with Crippen LogP contribution in [0.25, 0.3) is 0 Å². The molecule has 0 heterocycles. The van der Waals surface area contributed by atoms with Crippen LogP contribution >= 0.6 is 0 Å². The summed E-state index contributed by atoms with van der Waals surface area (Å²) in [6.07, 6.45) is 0. The minimum Gasteiger partial charge on any atom is -0.511 e. The van der Waals surface area contributed by atoms with E-state index in [-0.39, 0.29) is 11.8 Å². The van der Waals surface area contributed by atoms with Gasteiger partial charge in [-0.1, -0.05) is 36.4 Å². The molecule has 5 heteroatoms. The molecule has 0 bridgehead atoms. The first kappa shape index (κ1) is 17.8. The minimum atomic E-state index is -0.373. The summed E-state index contributed by atoms with van der Waals surface area (Å²) >= 11 is 0. The first-order valence-corrected chi connectivity index (χ1v) is 4.99. The number of rotatable bonds is 2. The van der Waals surface area contributed by atoms with Crippen molar-refractivity contribution in [3.8, 4) is 0 Å². The van der Waals surface area contributed by atoms with Gasteiger partial charge in [0.1, 0.15) is 5.78 Å². The Kier molecular flexibility index (Phi) is 15.0. The smallest absolute Gasteiger partial charge is 0.511 e. The molecular weight excluding hydrogens is 219 g/mol. The lowest BCUT2D eigenvalue weighted by Crippen LogP contribution is -2.05. The van der Waals surface area contributed by atoms with E-state index in [1.807, 2.05) is 36.4 Å². The fourth-order valence-corrected chi connectivity index (χ4v) is 0.501. The average Bonchev–Trinajstić information content (AvgIpc) is 2.29. The highest BCUT2D eigenvalue weighted by atomic mass is 16.6. The molecule has 0 aliphatic rings. The largest absolute Gasteiger partial charge is 0.574 e. The molecule has 0 saturated heterocycles. The monoisotopic (exact) mass is 237 g/mol. The van der Waals surface area contributed by atoms with Gasteiger partial charge in [0.15, 0.2) is 0 Å². The third-order valence-electron chi connectivity index (χ3n) is 0.977. The normalized spacial score (nSPS) is 7.53. The summed E-state index contributed by atoms with van der Waals surface area (Å²) in [5, 5.41) is 0. The summed E-state index contributed by atoms with van der Waals surface area (Å²) in [6, 6.07) is 12.0. The second-order valence-electron chi connectivity index (χ2n) is 3.00. The summed E-state index contributed by atoms with van der Waals surface area (Å²) in [7, 11) is 2.38. The lowest BCUT2D eigenvalue weighted by molar-refractivity contribution is -0.132. The van der Waals surface area contributed by atoms with Gasteiger partial charge in [-0.2, -0.15) is 0 Å². The molecule has 0 aliphatic heterocycles. The SMILES string of the molecule is CC(C)=O.CO[B]OC(C)=O.c1ccccc1. The lowest BCUT2D eigenvalue weighted by atomic mass is 10.4. The first-order valence-electron chi connectivity index (χ1n) is 4.99. The van der Waals surface area contributed by atoms with Crippen molar-refractivity contribution in [1.29, 1.82) is 0 Å². The summed E-state index contributed by atoms with van der Waals surface area (Å²) < 4.78 is 8.49. The van der Waals surface area contributed by atoms with Crippen LogP contribution in [0, 0.1) is 0 Å². The first-order chi connectivity index (χ1) is 8.00. The zero-order valence-corrected chi connectivity index (χ0v) is 10.7. The van der Waals surface area contributed by atoms with Crippen molar-refractivity contribution in [2.24, 2.45) is 0 Å². The number of ketones is 1. The van der Waals surface area contributed by atoms with Crippen LogP contribution in [0.1, 0.15) is 20.8 Å². The Labute approximate surface area is 103 Å². The van der Waals surface area contributed by atoms with Gasteiger partial charge in [-0.3, -0.25) is 4.79 Å². The van der Waals surface area contributed by atoms with E-state index in [0.717, 1.165) is 7.69 Å². The number of Topliss-reactive ketones (excluding diaryl/α,β-unsaturated/α-hetero) is 1. The Morgan fingerprint density at radius 1 is 0.882 bits per heavy atom. The van der Waals surface area contributed by atoms with E-state index in [0.29, 0.717) is 0 Å². The molecule has 1 aromatic rings. The molecule has 0 saturated carbocycles. The third kappa shape index (κ3) is 31.4. The second-order valence-corrected chi connectivity index (χ2v) is 3.00. The Bertz CT molecular complexity index is 257. The molecule has 0 aliphatic carbocycles. The van der Waals surface area contributed by atoms with Crippen LogP contribution in [0.2, 0.25) is 0 Å². The molecule has 0 unspecified atom stereocenters. The quantitative estimate of drug-likeness (QED) is 0.738. The molecule has 17 heavy (non-hydrogen) atoms. The van der Waals surface area contributed by atoms with Crippen LogP contribution in [0.15, 0.2) is 36.4 Å². The van der Waals surface area contributed by atoms with Crippen molar-refractivity contribution in [2.45, 2.75) is 20.8 Å². The summed E-state index contributed by atoms with van der Waals surface area (Å²) in [6.45, 7) is 4.36. The second kappa shape index (κ2) is 14.4. The van der Waals surface area contributed by atoms with Gasteiger partial charge in [0.05, 0.1) is 0 Å². The summed E-state index contributed by atoms with van der Waals surface area (Å²) in [4.78, 5) is 19.3. The zero-order chi connectivity index (χ0) is 13.5. The maximum Gasteiger partial charge on any atom is 0.574 e. The third-order valence-corrected chi connectivity index (χ3v) is 0.977. The van der Waals surface area contributed by atoms with Crippen LogP contribution < -0.4 is 0 Å². The molecule has 93 valence electrons. The van der Waals surface area contributed by atoms with Gasteiger partial charge < -0.3 is 14.1 Å². The molecular formula is C12H18BO4. The van der Waals surface area contributed by atoms with Crippen LogP contribution in [0.5, 0.6) is 0 Å².